The maximum atomic E-state index is 6.07. The molecule has 1 aromatic rings. The van der Waals surface area contributed by atoms with E-state index >= 15 is 0 Å². The topological polar surface area (TPSA) is 78.1 Å². The summed E-state index contributed by atoms with van der Waals surface area (Å²) in [5, 5.41) is 3.22. The first-order valence-electron chi connectivity index (χ1n) is 9.11. The number of rotatable bonds is 6. The standard InChI is InChI=1S/C19H29N3O3.HI/c1-14(2)5-8-21-18(20)22-12-19(6-9-23-10-7-19)15-3-4-16-17(11-15)25-13-24-16;/h3-4,11,14H,5-10,12-13H2,1-2H3,(H3,20,21,22);1H. The van der Waals surface area contributed by atoms with E-state index in [-0.39, 0.29) is 29.4 Å². The predicted octanol–water partition coefficient (Wildman–Crippen LogP) is 3.03. The van der Waals surface area contributed by atoms with Gasteiger partial charge in [0.15, 0.2) is 17.5 Å². The van der Waals surface area contributed by atoms with Gasteiger partial charge >= 0.3 is 0 Å². The van der Waals surface area contributed by atoms with Crippen molar-refractivity contribution in [2.24, 2.45) is 16.6 Å². The van der Waals surface area contributed by atoms with Gasteiger partial charge in [-0.3, -0.25) is 4.99 Å². The monoisotopic (exact) mass is 475 g/mol. The summed E-state index contributed by atoms with van der Waals surface area (Å²) in [5.41, 5.74) is 7.22. The summed E-state index contributed by atoms with van der Waals surface area (Å²) in [7, 11) is 0. The molecule has 7 heteroatoms. The summed E-state index contributed by atoms with van der Waals surface area (Å²) < 4.78 is 16.6. The van der Waals surface area contributed by atoms with Crippen molar-refractivity contribution in [1.82, 2.24) is 5.32 Å². The first-order chi connectivity index (χ1) is 12.1. The molecule has 0 bridgehead atoms. The number of fused-ring (bicyclic) bond motifs is 1. The van der Waals surface area contributed by atoms with Crippen LogP contribution in [-0.4, -0.2) is 39.1 Å². The average Bonchev–Trinajstić information content (AvgIpc) is 3.08. The molecule has 2 aliphatic rings. The van der Waals surface area contributed by atoms with Crippen LogP contribution in [0.5, 0.6) is 11.5 Å². The largest absolute Gasteiger partial charge is 0.454 e. The van der Waals surface area contributed by atoms with Crippen molar-refractivity contribution in [2.75, 3.05) is 33.1 Å². The number of nitrogens with one attached hydrogen (secondary N) is 1. The Hall–Kier alpha value is -1.22. The fourth-order valence-corrected chi connectivity index (χ4v) is 3.31. The van der Waals surface area contributed by atoms with E-state index in [4.69, 9.17) is 19.9 Å². The van der Waals surface area contributed by atoms with Crippen LogP contribution in [0.15, 0.2) is 23.2 Å². The van der Waals surface area contributed by atoms with E-state index in [0.717, 1.165) is 50.5 Å². The number of ether oxygens (including phenoxy) is 3. The van der Waals surface area contributed by atoms with Crippen molar-refractivity contribution in [3.63, 3.8) is 0 Å². The maximum Gasteiger partial charge on any atom is 0.231 e. The van der Waals surface area contributed by atoms with Gasteiger partial charge < -0.3 is 25.3 Å². The van der Waals surface area contributed by atoms with E-state index in [1.165, 1.54) is 5.56 Å². The molecule has 0 atom stereocenters. The Morgan fingerprint density at radius 2 is 1.96 bits per heavy atom. The summed E-state index contributed by atoms with van der Waals surface area (Å²) in [6, 6.07) is 6.20. The Balaban J connectivity index is 0.00000243. The third-order valence-corrected chi connectivity index (χ3v) is 5.01. The lowest BCUT2D eigenvalue weighted by atomic mass is 9.74. The Morgan fingerprint density at radius 3 is 2.69 bits per heavy atom. The van der Waals surface area contributed by atoms with Gasteiger partial charge in [-0.1, -0.05) is 19.9 Å². The number of hydrogen-bond donors (Lipinski definition) is 2. The second-order valence-corrected chi connectivity index (χ2v) is 7.27. The van der Waals surface area contributed by atoms with E-state index in [0.29, 0.717) is 25.2 Å². The molecule has 146 valence electrons. The van der Waals surface area contributed by atoms with E-state index in [2.05, 4.69) is 36.3 Å². The molecule has 2 aliphatic heterocycles. The van der Waals surface area contributed by atoms with Crippen LogP contribution in [0.4, 0.5) is 0 Å². The molecule has 2 heterocycles. The van der Waals surface area contributed by atoms with Gasteiger partial charge in [0.2, 0.25) is 6.79 Å². The summed E-state index contributed by atoms with van der Waals surface area (Å²) in [6.07, 6.45) is 2.93. The zero-order chi connectivity index (χ0) is 17.7. The third kappa shape index (κ3) is 5.16. The molecule has 0 unspecified atom stereocenters. The highest BCUT2D eigenvalue weighted by molar-refractivity contribution is 14.0. The molecule has 0 aliphatic carbocycles. The Bertz CT molecular complexity index is 616. The quantitative estimate of drug-likeness (QED) is 0.376. The first-order valence-corrected chi connectivity index (χ1v) is 9.11. The normalized spacial score (nSPS) is 18.5. The molecule has 3 rings (SSSR count). The van der Waals surface area contributed by atoms with Crippen LogP contribution >= 0.6 is 24.0 Å². The molecule has 1 fully saturated rings. The Morgan fingerprint density at radius 1 is 1.23 bits per heavy atom. The molecule has 0 aromatic heterocycles. The van der Waals surface area contributed by atoms with Crippen LogP contribution in [0.25, 0.3) is 0 Å². The predicted molar refractivity (Wildman–Crippen MR) is 114 cm³/mol. The molecule has 6 nitrogen and oxygen atoms in total. The van der Waals surface area contributed by atoms with Gasteiger partial charge in [-0.25, -0.2) is 0 Å². The second kappa shape index (κ2) is 9.64. The number of benzene rings is 1. The summed E-state index contributed by atoms with van der Waals surface area (Å²) in [4.78, 5) is 4.64. The van der Waals surface area contributed by atoms with Crippen LogP contribution in [0.2, 0.25) is 0 Å². The summed E-state index contributed by atoms with van der Waals surface area (Å²) >= 11 is 0. The molecular formula is C19H30IN3O3. The van der Waals surface area contributed by atoms with Crippen molar-refractivity contribution < 1.29 is 14.2 Å². The minimum absolute atomic E-state index is 0. The number of halogens is 1. The molecule has 0 saturated carbocycles. The molecular weight excluding hydrogens is 445 g/mol. The van der Waals surface area contributed by atoms with Crippen molar-refractivity contribution >= 4 is 29.9 Å². The van der Waals surface area contributed by atoms with Crippen LogP contribution in [0.3, 0.4) is 0 Å². The van der Waals surface area contributed by atoms with E-state index in [1.807, 2.05) is 6.07 Å². The molecule has 3 N–H and O–H groups in total. The van der Waals surface area contributed by atoms with Crippen molar-refractivity contribution in [1.29, 1.82) is 0 Å². The van der Waals surface area contributed by atoms with Gasteiger partial charge in [0.05, 0.1) is 6.54 Å². The fraction of sp³-hybridized carbons (Fsp3) is 0.632. The number of guanidine groups is 1. The van der Waals surface area contributed by atoms with Crippen molar-refractivity contribution in [3.8, 4) is 11.5 Å². The van der Waals surface area contributed by atoms with Crippen molar-refractivity contribution in [2.45, 2.75) is 38.5 Å². The maximum absolute atomic E-state index is 6.07. The van der Waals surface area contributed by atoms with Gasteiger partial charge in [0.1, 0.15) is 0 Å². The lowest BCUT2D eigenvalue weighted by molar-refractivity contribution is 0.0530. The minimum Gasteiger partial charge on any atom is -0.454 e. The van der Waals surface area contributed by atoms with Gasteiger partial charge in [0, 0.05) is 25.2 Å². The second-order valence-electron chi connectivity index (χ2n) is 7.27. The zero-order valence-electron chi connectivity index (χ0n) is 15.6. The lowest BCUT2D eigenvalue weighted by Crippen LogP contribution is -2.39. The molecule has 0 spiro atoms. The number of aliphatic imine (C=N–C) groups is 1. The molecule has 0 radical (unpaired) electrons. The summed E-state index contributed by atoms with van der Waals surface area (Å²) in [5.74, 6) is 2.79. The van der Waals surface area contributed by atoms with Crippen LogP contribution in [0, 0.1) is 5.92 Å². The third-order valence-electron chi connectivity index (χ3n) is 5.01. The van der Waals surface area contributed by atoms with Gasteiger partial charge in [-0.2, -0.15) is 0 Å². The van der Waals surface area contributed by atoms with Crippen LogP contribution in [-0.2, 0) is 10.2 Å². The molecule has 0 amide bonds. The Labute approximate surface area is 172 Å². The van der Waals surface area contributed by atoms with E-state index < -0.39 is 0 Å². The van der Waals surface area contributed by atoms with E-state index in [1.54, 1.807) is 0 Å². The highest BCUT2D eigenvalue weighted by atomic mass is 127. The molecule has 26 heavy (non-hydrogen) atoms. The first kappa shape index (κ1) is 21.1. The number of nitrogens with zero attached hydrogens (tertiary/aromatic N) is 1. The van der Waals surface area contributed by atoms with Gasteiger partial charge in [-0.05, 0) is 42.9 Å². The van der Waals surface area contributed by atoms with E-state index in [9.17, 15) is 0 Å². The zero-order valence-corrected chi connectivity index (χ0v) is 18.0. The van der Waals surface area contributed by atoms with Crippen molar-refractivity contribution in [3.05, 3.63) is 23.8 Å². The highest BCUT2D eigenvalue weighted by Crippen LogP contribution is 2.41. The average molecular weight is 475 g/mol. The lowest BCUT2D eigenvalue weighted by Gasteiger charge is -2.36. The molecule has 1 aromatic carbocycles. The number of nitrogens with two attached hydrogens (primary N) is 1. The smallest absolute Gasteiger partial charge is 0.231 e. The molecule has 1 saturated heterocycles. The fourth-order valence-electron chi connectivity index (χ4n) is 3.31. The van der Waals surface area contributed by atoms with Crippen LogP contribution in [0.1, 0.15) is 38.7 Å². The van der Waals surface area contributed by atoms with Crippen LogP contribution < -0.4 is 20.5 Å². The van der Waals surface area contributed by atoms with Gasteiger partial charge in [0.25, 0.3) is 0 Å². The highest BCUT2D eigenvalue weighted by Gasteiger charge is 2.35. The number of hydrogen-bond acceptors (Lipinski definition) is 4. The minimum atomic E-state index is -0.0659. The summed E-state index contributed by atoms with van der Waals surface area (Å²) in [6.45, 7) is 7.68. The Kier molecular flexibility index (Phi) is 7.82. The SMILES string of the molecule is CC(C)CCNC(N)=NCC1(c2ccc3c(c2)OCO3)CCOCC1.I. The van der Waals surface area contributed by atoms with Gasteiger partial charge in [-0.15, -0.1) is 24.0 Å².